The summed E-state index contributed by atoms with van der Waals surface area (Å²) < 4.78 is 0. The molecule has 3 aromatic carbocycles. The molecular weight excluding hydrogens is 554 g/mol. The molecule has 0 saturated carbocycles. The van der Waals surface area contributed by atoms with Crippen LogP contribution in [0.4, 0.5) is 0 Å². The van der Waals surface area contributed by atoms with Crippen LogP contribution in [0.15, 0.2) is 109 Å². The Morgan fingerprint density at radius 1 is 0.485 bits per heavy atom. The minimum atomic E-state index is 0. The van der Waals surface area contributed by atoms with Crippen molar-refractivity contribution in [3.8, 4) is 0 Å². The molecule has 0 aliphatic rings. The maximum absolute atomic E-state index is 4.35. The van der Waals surface area contributed by atoms with Gasteiger partial charge in [-0.3, -0.25) is 9.97 Å². The van der Waals surface area contributed by atoms with Crippen molar-refractivity contribution in [2.75, 3.05) is 0 Å². The third-order valence-corrected chi connectivity index (χ3v) is 4.85. The monoisotopic (exact) mass is 582 g/mol. The molecule has 0 bridgehead atoms. The van der Waals surface area contributed by atoms with E-state index >= 15 is 0 Å². The molecule has 5 heteroatoms. The van der Waals surface area contributed by atoms with Crippen molar-refractivity contribution in [3.63, 3.8) is 0 Å². The Morgan fingerprint density at radius 2 is 0.848 bits per heavy atom. The minimum absolute atomic E-state index is 0. The Morgan fingerprint density at radius 3 is 1.15 bits per heavy atom. The van der Waals surface area contributed by atoms with E-state index in [1.54, 1.807) is 12.4 Å². The van der Waals surface area contributed by atoms with Crippen LogP contribution in [0.1, 0.15) is 25.0 Å². The molecule has 5 aromatic rings. The van der Waals surface area contributed by atoms with Gasteiger partial charge in [0.1, 0.15) is 0 Å². The number of benzene rings is 3. The zero-order valence-corrected chi connectivity index (χ0v) is 23.3. The standard InChI is InChI=1S/C12H8N2.2C8H10.2ClH.Sn/c1-3-9-5-6-10-4-2-8-14-12(10)11(9)13-7-1;2*1-2-8-6-4-3-5-7-8;;;/h1-8H;2*3-7H,2H2,1H3;2*1H;/q;;;;;+4/p-2. The van der Waals surface area contributed by atoms with Crippen LogP contribution in [0, 0.1) is 0 Å². The normalized spacial score (nSPS) is 9.03. The van der Waals surface area contributed by atoms with E-state index in [9.17, 15) is 0 Å². The van der Waals surface area contributed by atoms with Gasteiger partial charge in [-0.05, 0) is 36.1 Å². The molecule has 0 N–H and O–H groups in total. The maximum atomic E-state index is 4.35. The summed E-state index contributed by atoms with van der Waals surface area (Å²) in [5.74, 6) is 0. The average Bonchev–Trinajstić information content (AvgIpc) is 2.86. The molecule has 0 radical (unpaired) electrons. The number of aromatic nitrogens is 2. The van der Waals surface area contributed by atoms with Crippen LogP contribution in [-0.2, 0) is 12.8 Å². The van der Waals surface area contributed by atoms with E-state index in [4.69, 9.17) is 0 Å². The van der Waals surface area contributed by atoms with E-state index in [1.807, 2.05) is 24.3 Å². The Balaban J connectivity index is 0.000000474. The molecular formula is C28H28Cl2N2Sn+2. The second kappa shape index (κ2) is 17.3. The summed E-state index contributed by atoms with van der Waals surface area (Å²) in [5, 5.41) is 2.28. The number of aryl methyl sites for hydroxylation is 2. The molecule has 0 unspecified atom stereocenters. The number of rotatable bonds is 2. The molecule has 5 rings (SSSR count). The summed E-state index contributed by atoms with van der Waals surface area (Å²) in [6.45, 7) is 4.32. The third kappa shape index (κ3) is 9.71. The van der Waals surface area contributed by atoms with Crippen molar-refractivity contribution in [2.45, 2.75) is 26.7 Å². The van der Waals surface area contributed by atoms with E-state index in [0.717, 1.165) is 34.6 Å². The zero-order chi connectivity index (χ0) is 21.0. The molecule has 0 spiro atoms. The number of nitrogens with zero attached hydrogens (tertiary/aromatic N) is 2. The third-order valence-electron chi connectivity index (χ3n) is 4.85. The van der Waals surface area contributed by atoms with Crippen molar-refractivity contribution in [2.24, 2.45) is 0 Å². The molecule has 2 heterocycles. The van der Waals surface area contributed by atoms with Gasteiger partial charge < -0.3 is 24.8 Å². The zero-order valence-electron chi connectivity index (χ0n) is 19.0. The SMILES string of the molecule is CCc1ccccc1.CCc1ccccc1.[Cl-].[Cl-].[Sn+4].c1cnc2c(c1)ccc1cccnc12. The fourth-order valence-corrected chi connectivity index (χ4v) is 3.11. The average molecular weight is 582 g/mol. The van der Waals surface area contributed by atoms with Gasteiger partial charge in [-0.2, -0.15) is 0 Å². The second-order valence-corrected chi connectivity index (χ2v) is 6.89. The second-order valence-electron chi connectivity index (χ2n) is 6.89. The van der Waals surface area contributed by atoms with Crippen LogP contribution in [0.25, 0.3) is 21.8 Å². The summed E-state index contributed by atoms with van der Waals surface area (Å²) in [6.07, 6.45) is 5.88. The molecule has 0 saturated heterocycles. The first kappa shape index (κ1) is 30.9. The van der Waals surface area contributed by atoms with E-state index in [1.165, 1.54) is 11.1 Å². The van der Waals surface area contributed by atoms with Crippen molar-refractivity contribution >= 4 is 45.7 Å². The molecule has 0 aliphatic carbocycles. The largest absolute Gasteiger partial charge is 4.00 e. The van der Waals surface area contributed by atoms with Gasteiger partial charge in [0.2, 0.25) is 0 Å². The molecule has 2 nitrogen and oxygen atoms in total. The van der Waals surface area contributed by atoms with E-state index in [2.05, 4.69) is 96.6 Å². The smallest absolute Gasteiger partial charge is 1.00 e. The fraction of sp³-hybridized carbons (Fsp3) is 0.143. The predicted octanol–water partition coefficient (Wildman–Crippen LogP) is 0.908. The van der Waals surface area contributed by atoms with Crippen molar-refractivity contribution < 1.29 is 24.8 Å². The van der Waals surface area contributed by atoms with Gasteiger partial charge in [0.15, 0.2) is 0 Å². The van der Waals surface area contributed by atoms with Crippen LogP contribution < -0.4 is 24.8 Å². The van der Waals surface area contributed by atoms with Crippen LogP contribution in [0.5, 0.6) is 0 Å². The van der Waals surface area contributed by atoms with Crippen LogP contribution in [0.2, 0.25) is 0 Å². The van der Waals surface area contributed by atoms with Crippen molar-refractivity contribution in [1.29, 1.82) is 0 Å². The van der Waals surface area contributed by atoms with Crippen LogP contribution in [-0.4, -0.2) is 33.9 Å². The molecule has 33 heavy (non-hydrogen) atoms. The van der Waals surface area contributed by atoms with Gasteiger partial charge in [0, 0.05) is 23.2 Å². The quantitative estimate of drug-likeness (QED) is 0.229. The van der Waals surface area contributed by atoms with Crippen LogP contribution in [0.3, 0.4) is 0 Å². The number of pyridine rings is 2. The van der Waals surface area contributed by atoms with Gasteiger partial charge in [-0.1, -0.05) is 98.8 Å². The Kier molecular flexibility index (Phi) is 16.2. The van der Waals surface area contributed by atoms with Crippen LogP contribution >= 0.6 is 0 Å². The van der Waals surface area contributed by atoms with Gasteiger partial charge in [-0.25, -0.2) is 0 Å². The molecule has 0 atom stereocenters. The van der Waals surface area contributed by atoms with E-state index in [0.29, 0.717) is 0 Å². The summed E-state index contributed by atoms with van der Waals surface area (Å²) in [7, 11) is 0. The Labute approximate surface area is 226 Å². The summed E-state index contributed by atoms with van der Waals surface area (Å²) in [5.41, 5.74) is 4.77. The van der Waals surface area contributed by atoms with Crippen molar-refractivity contribution in [1.82, 2.24) is 9.97 Å². The van der Waals surface area contributed by atoms with Crippen molar-refractivity contribution in [3.05, 3.63) is 121 Å². The molecule has 166 valence electrons. The molecule has 2 aromatic heterocycles. The summed E-state index contributed by atoms with van der Waals surface area (Å²) in [4.78, 5) is 8.69. The van der Waals surface area contributed by atoms with Gasteiger partial charge >= 0.3 is 23.9 Å². The maximum Gasteiger partial charge on any atom is 4.00 e. The molecule has 0 amide bonds. The fourth-order valence-electron chi connectivity index (χ4n) is 3.11. The Hall–Kier alpha value is -2.14. The first-order valence-electron chi connectivity index (χ1n) is 10.5. The molecule has 0 fully saturated rings. The number of hydrogen-bond acceptors (Lipinski definition) is 2. The van der Waals surface area contributed by atoms with E-state index < -0.39 is 0 Å². The first-order chi connectivity index (χ1) is 14.8. The topological polar surface area (TPSA) is 25.8 Å². The summed E-state index contributed by atoms with van der Waals surface area (Å²) >= 11 is 0. The van der Waals surface area contributed by atoms with Gasteiger partial charge in [0.05, 0.1) is 11.0 Å². The van der Waals surface area contributed by atoms with E-state index in [-0.39, 0.29) is 48.7 Å². The number of fused-ring (bicyclic) bond motifs is 3. The van der Waals surface area contributed by atoms with Gasteiger partial charge in [0.25, 0.3) is 0 Å². The first-order valence-corrected chi connectivity index (χ1v) is 10.5. The minimum Gasteiger partial charge on any atom is -1.00 e. The summed E-state index contributed by atoms with van der Waals surface area (Å²) in [6, 6.07) is 33.0. The number of hydrogen-bond donors (Lipinski definition) is 0. The molecule has 0 aliphatic heterocycles. The number of halogens is 2. The van der Waals surface area contributed by atoms with Gasteiger partial charge in [-0.15, -0.1) is 0 Å². The predicted molar refractivity (Wildman–Crippen MR) is 134 cm³/mol. The Bertz CT molecular complexity index is 1080.